The molecule has 5 nitrogen and oxygen atoms in total. The van der Waals surface area contributed by atoms with E-state index in [0.29, 0.717) is 18.8 Å². The number of aryl methyl sites for hydroxylation is 1. The zero-order chi connectivity index (χ0) is 19.8. The molecular formula is C21H25BrN2O3. The summed E-state index contributed by atoms with van der Waals surface area (Å²) in [6.45, 7) is 6.28. The number of benzene rings is 2. The molecule has 144 valence electrons. The fourth-order valence-corrected chi connectivity index (χ4v) is 2.87. The molecule has 0 saturated heterocycles. The predicted molar refractivity (Wildman–Crippen MR) is 110 cm³/mol. The van der Waals surface area contributed by atoms with Crippen LogP contribution in [0.4, 0.5) is 0 Å². The second kappa shape index (κ2) is 10.1. The Morgan fingerprint density at radius 2 is 1.89 bits per heavy atom. The second-order valence-corrected chi connectivity index (χ2v) is 7.13. The summed E-state index contributed by atoms with van der Waals surface area (Å²) < 4.78 is 6.65. The van der Waals surface area contributed by atoms with Gasteiger partial charge in [-0.25, -0.2) is 0 Å². The first kappa shape index (κ1) is 21.0. The van der Waals surface area contributed by atoms with Gasteiger partial charge in [-0.2, -0.15) is 0 Å². The molecule has 2 amide bonds. The summed E-state index contributed by atoms with van der Waals surface area (Å²) in [6, 6.07) is 14.6. The summed E-state index contributed by atoms with van der Waals surface area (Å²) in [4.78, 5) is 26.7. The molecule has 0 spiro atoms. The largest absolute Gasteiger partial charge is 0.484 e. The molecule has 0 heterocycles. The molecule has 0 aliphatic heterocycles. The monoisotopic (exact) mass is 432 g/mol. The van der Waals surface area contributed by atoms with Gasteiger partial charge in [-0.05, 0) is 50.1 Å². The average molecular weight is 433 g/mol. The van der Waals surface area contributed by atoms with E-state index in [9.17, 15) is 9.59 Å². The molecular weight excluding hydrogens is 408 g/mol. The number of ether oxygens (including phenoxy) is 1. The molecule has 0 bridgehead atoms. The van der Waals surface area contributed by atoms with Gasteiger partial charge in [0.05, 0.1) is 0 Å². The first-order valence-electron chi connectivity index (χ1n) is 8.92. The molecule has 1 N–H and O–H groups in total. The molecule has 2 aromatic carbocycles. The molecule has 0 aliphatic rings. The van der Waals surface area contributed by atoms with Crippen molar-refractivity contribution in [3.63, 3.8) is 0 Å². The number of hydrogen-bond acceptors (Lipinski definition) is 3. The van der Waals surface area contributed by atoms with E-state index >= 15 is 0 Å². The quantitative estimate of drug-likeness (QED) is 0.691. The number of carbonyl (C=O) groups excluding carboxylic acids is 2. The van der Waals surface area contributed by atoms with Crippen LogP contribution in [0.3, 0.4) is 0 Å². The van der Waals surface area contributed by atoms with Crippen LogP contribution in [0.2, 0.25) is 0 Å². The molecule has 0 aromatic heterocycles. The van der Waals surface area contributed by atoms with E-state index < -0.39 is 6.04 Å². The van der Waals surface area contributed by atoms with Crippen LogP contribution >= 0.6 is 15.9 Å². The number of rotatable bonds is 8. The van der Waals surface area contributed by atoms with Gasteiger partial charge in [0.25, 0.3) is 5.91 Å². The van der Waals surface area contributed by atoms with Crippen molar-refractivity contribution in [1.82, 2.24) is 10.2 Å². The van der Waals surface area contributed by atoms with E-state index in [0.717, 1.165) is 15.6 Å². The fourth-order valence-electron chi connectivity index (χ4n) is 2.62. The summed E-state index contributed by atoms with van der Waals surface area (Å²) in [5.74, 6) is 0.203. The van der Waals surface area contributed by atoms with Crippen molar-refractivity contribution >= 4 is 27.7 Å². The van der Waals surface area contributed by atoms with Crippen LogP contribution in [0.25, 0.3) is 0 Å². The van der Waals surface area contributed by atoms with Gasteiger partial charge >= 0.3 is 0 Å². The highest BCUT2D eigenvalue weighted by Crippen LogP contribution is 2.21. The van der Waals surface area contributed by atoms with Crippen molar-refractivity contribution in [3.8, 4) is 5.75 Å². The Bertz CT molecular complexity index is 780. The molecule has 2 aromatic rings. The third-order valence-corrected chi connectivity index (χ3v) is 5.10. The average Bonchev–Trinajstić information content (AvgIpc) is 2.67. The zero-order valence-electron chi connectivity index (χ0n) is 15.9. The lowest BCUT2D eigenvalue weighted by atomic mass is 10.1. The highest BCUT2D eigenvalue weighted by Gasteiger charge is 2.26. The fraction of sp³-hybridized carbons (Fsp3) is 0.333. The molecule has 2 rings (SSSR count). The molecule has 0 aliphatic carbocycles. The molecule has 0 radical (unpaired) electrons. The maximum atomic E-state index is 12.8. The molecule has 1 atom stereocenters. The van der Waals surface area contributed by atoms with E-state index in [2.05, 4.69) is 21.2 Å². The Hall–Kier alpha value is -2.34. The number of nitrogens with zero attached hydrogens (tertiary/aromatic N) is 1. The van der Waals surface area contributed by atoms with Crippen molar-refractivity contribution in [2.45, 2.75) is 33.4 Å². The van der Waals surface area contributed by atoms with Gasteiger partial charge in [-0.15, -0.1) is 0 Å². The molecule has 0 saturated carbocycles. The van der Waals surface area contributed by atoms with Crippen LogP contribution in [0, 0.1) is 6.92 Å². The van der Waals surface area contributed by atoms with Gasteiger partial charge in [0.1, 0.15) is 11.8 Å². The standard InChI is InChI=1S/C21H25BrN2O3/c1-4-23-21(26)16(3)24(13-17-8-6-5-7-9-17)20(25)14-27-18-10-11-19(22)15(2)12-18/h5-12,16H,4,13-14H2,1-3H3,(H,23,26)/t16-/m1/s1. The number of hydrogen-bond donors (Lipinski definition) is 1. The lowest BCUT2D eigenvalue weighted by Gasteiger charge is -2.28. The number of amides is 2. The van der Waals surface area contributed by atoms with Crippen molar-refractivity contribution in [2.24, 2.45) is 0 Å². The van der Waals surface area contributed by atoms with E-state index in [1.54, 1.807) is 17.9 Å². The predicted octanol–water partition coefficient (Wildman–Crippen LogP) is 3.69. The maximum Gasteiger partial charge on any atom is 0.261 e. The van der Waals surface area contributed by atoms with Crippen LogP contribution in [-0.4, -0.2) is 35.9 Å². The normalized spacial score (nSPS) is 11.6. The Morgan fingerprint density at radius 1 is 1.19 bits per heavy atom. The third-order valence-electron chi connectivity index (χ3n) is 4.21. The topological polar surface area (TPSA) is 58.6 Å². The second-order valence-electron chi connectivity index (χ2n) is 6.28. The minimum Gasteiger partial charge on any atom is -0.484 e. The Morgan fingerprint density at radius 3 is 2.52 bits per heavy atom. The Balaban J connectivity index is 2.11. The number of nitrogens with one attached hydrogen (secondary N) is 1. The summed E-state index contributed by atoms with van der Waals surface area (Å²) in [5.41, 5.74) is 1.98. The third kappa shape index (κ3) is 6.10. The van der Waals surface area contributed by atoms with E-state index in [-0.39, 0.29) is 18.4 Å². The van der Waals surface area contributed by atoms with Crippen molar-refractivity contribution in [1.29, 1.82) is 0 Å². The van der Waals surface area contributed by atoms with Gasteiger partial charge in [0, 0.05) is 17.6 Å². The first-order valence-corrected chi connectivity index (χ1v) is 9.71. The molecule has 0 fully saturated rings. The number of halogens is 1. The van der Waals surface area contributed by atoms with Crippen LogP contribution in [0.1, 0.15) is 25.0 Å². The minimum absolute atomic E-state index is 0.127. The molecule has 27 heavy (non-hydrogen) atoms. The van der Waals surface area contributed by atoms with Gasteiger partial charge in [-0.1, -0.05) is 46.3 Å². The lowest BCUT2D eigenvalue weighted by molar-refractivity contribution is -0.142. The molecule has 0 unspecified atom stereocenters. The van der Waals surface area contributed by atoms with E-state index in [1.165, 1.54) is 0 Å². The Kier molecular flexibility index (Phi) is 7.85. The van der Waals surface area contributed by atoms with Crippen molar-refractivity contribution in [2.75, 3.05) is 13.2 Å². The SMILES string of the molecule is CCNC(=O)[C@@H](C)N(Cc1ccccc1)C(=O)COc1ccc(Br)c(C)c1. The van der Waals surface area contributed by atoms with Crippen LogP contribution in [-0.2, 0) is 16.1 Å². The van der Waals surface area contributed by atoms with Gasteiger partial charge < -0.3 is 15.0 Å². The summed E-state index contributed by atoms with van der Waals surface area (Å²) in [7, 11) is 0. The highest BCUT2D eigenvalue weighted by molar-refractivity contribution is 9.10. The van der Waals surface area contributed by atoms with E-state index in [4.69, 9.17) is 4.74 Å². The molecule has 6 heteroatoms. The lowest BCUT2D eigenvalue weighted by Crippen LogP contribution is -2.49. The van der Waals surface area contributed by atoms with Crippen LogP contribution in [0.5, 0.6) is 5.75 Å². The Labute approximate surface area is 168 Å². The van der Waals surface area contributed by atoms with Gasteiger partial charge in [0.15, 0.2) is 6.61 Å². The highest BCUT2D eigenvalue weighted by atomic mass is 79.9. The first-order chi connectivity index (χ1) is 12.9. The smallest absolute Gasteiger partial charge is 0.261 e. The van der Waals surface area contributed by atoms with Crippen LogP contribution in [0.15, 0.2) is 53.0 Å². The number of likely N-dealkylation sites (N-methyl/N-ethyl adjacent to an activating group) is 1. The van der Waals surface area contributed by atoms with E-state index in [1.807, 2.05) is 56.3 Å². The minimum atomic E-state index is -0.590. The summed E-state index contributed by atoms with van der Waals surface area (Å²) in [6.07, 6.45) is 0. The number of carbonyl (C=O) groups is 2. The maximum absolute atomic E-state index is 12.8. The van der Waals surface area contributed by atoms with Gasteiger partial charge in [-0.3, -0.25) is 9.59 Å². The van der Waals surface area contributed by atoms with Crippen molar-refractivity contribution < 1.29 is 14.3 Å². The summed E-state index contributed by atoms with van der Waals surface area (Å²) >= 11 is 3.44. The zero-order valence-corrected chi connectivity index (χ0v) is 17.5. The summed E-state index contributed by atoms with van der Waals surface area (Å²) in [5, 5.41) is 2.78. The van der Waals surface area contributed by atoms with Crippen molar-refractivity contribution in [3.05, 3.63) is 64.1 Å². The van der Waals surface area contributed by atoms with Gasteiger partial charge in [0.2, 0.25) is 5.91 Å². The van der Waals surface area contributed by atoms with Crippen LogP contribution < -0.4 is 10.1 Å².